The Labute approximate surface area is 298 Å². The molecule has 0 radical (unpaired) electrons. The second-order valence-electron chi connectivity index (χ2n) is 17.3. The first-order chi connectivity index (χ1) is 23.6. The molecule has 0 aromatic carbocycles. The molecule has 1 unspecified atom stereocenters. The highest BCUT2D eigenvalue weighted by Gasteiger charge is 2.38. The Kier molecular flexibility index (Phi) is 19.3. The molecule has 4 aliphatic carbocycles. The highest BCUT2D eigenvalue weighted by Crippen LogP contribution is 2.43. The number of hydrogen-bond acceptors (Lipinski definition) is 4. The Morgan fingerprint density at radius 3 is 1.94 bits per heavy atom. The standard InChI is InChI=1S/C44H80O4/c1-4-7-9-10-11-14-19-37(17-6-3)40-28-30-42(31-29-40)47-35-48-44(32-15-12-16-33-44)34-46-43(45)41-26-24-39(25-27-41)38-22-20-36(21-23-38)18-13-8-5-2/h36-42H,4-35H2,1-3H3. The topological polar surface area (TPSA) is 44.8 Å². The molecule has 4 aliphatic rings. The van der Waals surface area contributed by atoms with E-state index in [2.05, 4.69) is 20.8 Å². The highest BCUT2D eigenvalue weighted by atomic mass is 16.7. The van der Waals surface area contributed by atoms with Crippen molar-refractivity contribution in [2.24, 2.45) is 35.5 Å². The van der Waals surface area contributed by atoms with Gasteiger partial charge in [-0.2, -0.15) is 0 Å². The molecule has 0 heterocycles. The van der Waals surface area contributed by atoms with E-state index in [-0.39, 0.29) is 17.5 Å². The molecular formula is C44H80O4. The van der Waals surface area contributed by atoms with E-state index in [1.807, 2.05) is 0 Å². The zero-order chi connectivity index (χ0) is 33.9. The van der Waals surface area contributed by atoms with Gasteiger partial charge in [-0.25, -0.2) is 0 Å². The molecule has 0 aromatic heterocycles. The summed E-state index contributed by atoms with van der Waals surface area (Å²) in [4.78, 5) is 13.3. The van der Waals surface area contributed by atoms with Crippen LogP contribution in [0.15, 0.2) is 0 Å². The Balaban J connectivity index is 1.11. The summed E-state index contributed by atoms with van der Waals surface area (Å²) in [6.07, 6.45) is 39.3. The lowest BCUT2D eigenvalue weighted by Crippen LogP contribution is -2.42. The van der Waals surface area contributed by atoms with Crippen molar-refractivity contribution in [2.75, 3.05) is 13.4 Å². The highest BCUT2D eigenvalue weighted by molar-refractivity contribution is 5.72. The zero-order valence-corrected chi connectivity index (χ0v) is 32.3. The SMILES string of the molecule is CCCCCCCCC(CCC)C1CCC(OCOC2(COC(=O)C3CCC(C4CCC(CCCCC)CC4)CC3)CCCCC2)CC1. The fourth-order valence-corrected chi connectivity index (χ4v) is 10.5. The van der Waals surface area contributed by atoms with E-state index in [9.17, 15) is 4.79 Å². The van der Waals surface area contributed by atoms with Crippen LogP contribution < -0.4 is 0 Å². The molecule has 0 aliphatic heterocycles. The summed E-state index contributed by atoms with van der Waals surface area (Å²) >= 11 is 0. The van der Waals surface area contributed by atoms with Crippen molar-refractivity contribution < 1.29 is 19.0 Å². The summed E-state index contributed by atoms with van der Waals surface area (Å²) < 4.78 is 19.1. The molecule has 0 bridgehead atoms. The molecule has 0 saturated heterocycles. The van der Waals surface area contributed by atoms with Crippen LogP contribution in [0.4, 0.5) is 0 Å². The number of rotatable bonds is 22. The van der Waals surface area contributed by atoms with Gasteiger partial charge in [-0.3, -0.25) is 4.79 Å². The maximum absolute atomic E-state index is 13.3. The summed E-state index contributed by atoms with van der Waals surface area (Å²) in [5, 5.41) is 0. The molecule has 1 atom stereocenters. The van der Waals surface area contributed by atoms with Crippen molar-refractivity contribution in [3.63, 3.8) is 0 Å². The van der Waals surface area contributed by atoms with E-state index >= 15 is 0 Å². The minimum absolute atomic E-state index is 0.0449. The van der Waals surface area contributed by atoms with Gasteiger partial charge in [0.15, 0.2) is 0 Å². The predicted molar refractivity (Wildman–Crippen MR) is 201 cm³/mol. The molecule has 280 valence electrons. The molecule has 4 fully saturated rings. The first kappa shape index (κ1) is 40.2. The Hall–Kier alpha value is -0.610. The Morgan fingerprint density at radius 2 is 1.27 bits per heavy atom. The average molecular weight is 673 g/mol. The summed E-state index contributed by atoms with van der Waals surface area (Å²) in [7, 11) is 0. The zero-order valence-electron chi connectivity index (χ0n) is 32.3. The van der Waals surface area contributed by atoms with E-state index in [1.165, 1.54) is 154 Å². The molecule has 4 saturated carbocycles. The third-order valence-electron chi connectivity index (χ3n) is 13.8. The monoisotopic (exact) mass is 673 g/mol. The minimum atomic E-state index is -0.346. The van der Waals surface area contributed by atoms with Crippen LogP contribution in [-0.4, -0.2) is 31.1 Å². The summed E-state index contributed by atoms with van der Waals surface area (Å²) in [6.45, 7) is 7.76. The summed E-state index contributed by atoms with van der Waals surface area (Å²) in [6, 6.07) is 0. The van der Waals surface area contributed by atoms with Crippen LogP contribution in [0.25, 0.3) is 0 Å². The second kappa shape index (κ2) is 23.1. The fourth-order valence-electron chi connectivity index (χ4n) is 10.5. The normalized spacial score (nSPS) is 30.1. The summed E-state index contributed by atoms with van der Waals surface area (Å²) in [5.41, 5.74) is -0.346. The first-order valence-electron chi connectivity index (χ1n) is 22.0. The lowest BCUT2D eigenvalue weighted by Gasteiger charge is -2.39. The molecule has 0 amide bonds. The molecule has 0 N–H and O–H groups in total. The van der Waals surface area contributed by atoms with Crippen LogP contribution in [0.3, 0.4) is 0 Å². The average Bonchev–Trinajstić information content (AvgIpc) is 3.13. The number of carbonyl (C=O) groups is 1. The van der Waals surface area contributed by atoms with E-state index in [0.717, 1.165) is 68.1 Å². The lowest BCUT2D eigenvalue weighted by molar-refractivity contribution is -0.201. The van der Waals surface area contributed by atoms with Gasteiger partial charge in [0, 0.05) is 0 Å². The van der Waals surface area contributed by atoms with Gasteiger partial charge in [0.1, 0.15) is 19.0 Å². The van der Waals surface area contributed by atoms with Gasteiger partial charge < -0.3 is 14.2 Å². The van der Waals surface area contributed by atoms with Gasteiger partial charge in [-0.15, -0.1) is 0 Å². The molecule has 4 rings (SSSR count). The van der Waals surface area contributed by atoms with Crippen molar-refractivity contribution in [3.8, 4) is 0 Å². The molecule has 0 spiro atoms. The van der Waals surface area contributed by atoms with E-state index in [0.29, 0.717) is 19.5 Å². The van der Waals surface area contributed by atoms with Crippen molar-refractivity contribution >= 4 is 5.97 Å². The largest absolute Gasteiger partial charge is 0.462 e. The van der Waals surface area contributed by atoms with Crippen LogP contribution in [0.5, 0.6) is 0 Å². The van der Waals surface area contributed by atoms with Crippen LogP contribution in [0.1, 0.15) is 213 Å². The van der Waals surface area contributed by atoms with Gasteiger partial charge >= 0.3 is 5.97 Å². The summed E-state index contributed by atoms with van der Waals surface area (Å²) in [5.74, 6) is 4.66. The molecule has 0 aromatic rings. The third kappa shape index (κ3) is 13.8. The second-order valence-corrected chi connectivity index (χ2v) is 17.3. The van der Waals surface area contributed by atoms with Crippen LogP contribution in [0, 0.1) is 35.5 Å². The van der Waals surface area contributed by atoms with Crippen molar-refractivity contribution in [1.82, 2.24) is 0 Å². The van der Waals surface area contributed by atoms with Gasteiger partial charge in [-0.05, 0) is 107 Å². The maximum Gasteiger partial charge on any atom is 0.309 e. The Bertz CT molecular complexity index is 812. The number of carbonyl (C=O) groups excluding carboxylic acids is 1. The molecule has 48 heavy (non-hydrogen) atoms. The van der Waals surface area contributed by atoms with Gasteiger partial charge in [0.05, 0.1) is 12.0 Å². The maximum atomic E-state index is 13.3. The number of ether oxygens (including phenoxy) is 3. The Morgan fingerprint density at radius 1 is 0.646 bits per heavy atom. The quantitative estimate of drug-likeness (QED) is 0.0652. The molecule has 4 nitrogen and oxygen atoms in total. The van der Waals surface area contributed by atoms with E-state index < -0.39 is 0 Å². The van der Waals surface area contributed by atoms with Crippen molar-refractivity contribution in [2.45, 2.75) is 225 Å². The van der Waals surface area contributed by atoms with E-state index in [1.54, 1.807) is 0 Å². The fraction of sp³-hybridized carbons (Fsp3) is 0.977. The van der Waals surface area contributed by atoms with Crippen LogP contribution in [-0.2, 0) is 19.0 Å². The van der Waals surface area contributed by atoms with Gasteiger partial charge in [0.2, 0.25) is 0 Å². The smallest absolute Gasteiger partial charge is 0.309 e. The first-order valence-corrected chi connectivity index (χ1v) is 22.0. The molecular weight excluding hydrogens is 592 g/mol. The number of unbranched alkanes of at least 4 members (excludes halogenated alkanes) is 7. The van der Waals surface area contributed by atoms with Gasteiger partial charge in [0.25, 0.3) is 0 Å². The van der Waals surface area contributed by atoms with Gasteiger partial charge in [-0.1, -0.05) is 136 Å². The van der Waals surface area contributed by atoms with E-state index in [4.69, 9.17) is 14.2 Å². The lowest BCUT2D eigenvalue weighted by atomic mass is 9.68. The molecule has 4 heteroatoms. The number of esters is 1. The third-order valence-corrected chi connectivity index (χ3v) is 13.8. The van der Waals surface area contributed by atoms with Crippen LogP contribution in [0.2, 0.25) is 0 Å². The van der Waals surface area contributed by atoms with Crippen LogP contribution >= 0.6 is 0 Å². The number of hydrogen-bond donors (Lipinski definition) is 0. The predicted octanol–water partition coefficient (Wildman–Crippen LogP) is 13.1. The van der Waals surface area contributed by atoms with Crippen molar-refractivity contribution in [1.29, 1.82) is 0 Å². The minimum Gasteiger partial charge on any atom is -0.462 e. The van der Waals surface area contributed by atoms with Crippen molar-refractivity contribution in [3.05, 3.63) is 0 Å².